The Kier molecular flexibility index (Phi) is 10.2. The number of aromatic nitrogens is 2. The average Bonchev–Trinajstić information content (AvgIpc) is 3.39. The third kappa shape index (κ3) is 7.51. The van der Waals surface area contributed by atoms with E-state index in [1.54, 1.807) is 12.4 Å². The smallest absolute Gasteiger partial charge is 0.306 e. The maximum absolute atomic E-state index is 13.0. The maximum atomic E-state index is 13.0. The number of carbonyl (C=O) groups is 3. The highest BCUT2D eigenvalue weighted by molar-refractivity contribution is 5.91. The fourth-order valence-electron chi connectivity index (χ4n) is 9.45. The topological polar surface area (TPSA) is 122 Å². The molecule has 47 heavy (non-hydrogen) atoms. The van der Waals surface area contributed by atoms with Gasteiger partial charge in [0.25, 0.3) is 0 Å². The highest BCUT2D eigenvalue weighted by Crippen LogP contribution is 2.65. The first-order valence-corrected chi connectivity index (χ1v) is 17.5. The zero-order valence-corrected chi connectivity index (χ0v) is 27.9. The minimum Gasteiger partial charge on any atom is -0.462 e. The molecule has 0 radical (unpaired) electrons. The summed E-state index contributed by atoms with van der Waals surface area (Å²) in [6.45, 7) is 6.19. The molecule has 2 aromatic rings. The number of nitrogens with zero attached hydrogens (tertiary/aromatic N) is 3. The second-order valence-corrected chi connectivity index (χ2v) is 14.8. The lowest BCUT2D eigenvalue weighted by atomic mass is 9.47. The molecule has 1 unspecified atom stereocenters. The Labute approximate surface area is 278 Å². The van der Waals surface area contributed by atoms with Crippen LogP contribution in [0.2, 0.25) is 0 Å². The van der Waals surface area contributed by atoms with E-state index in [0.717, 1.165) is 56.3 Å². The first-order valence-electron chi connectivity index (χ1n) is 17.5. The van der Waals surface area contributed by atoms with E-state index in [1.807, 2.05) is 42.5 Å². The summed E-state index contributed by atoms with van der Waals surface area (Å²) in [5.74, 6) is 1.42. The van der Waals surface area contributed by atoms with Crippen molar-refractivity contribution in [3.8, 4) is 0 Å². The molecule has 0 aliphatic heterocycles. The predicted octanol–water partition coefficient (Wildman–Crippen LogP) is 5.18. The molecule has 2 heterocycles. The van der Waals surface area contributed by atoms with Gasteiger partial charge >= 0.3 is 5.97 Å². The number of hydrogen-bond donors (Lipinski definition) is 2. The largest absolute Gasteiger partial charge is 0.462 e. The lowest BCUT2D eigenvalue weighted by Gasteiger charge is -2.57. The Hall–Kier alpha value is -3.43. The second-order valence-electron chi connectivity index (χ2n) is 14.8. The van der Waals surface area contributed by atoms with E-state index in [0.29, 0.717) is 43.8 Å². The van der Waals surface area contributed by atoms with Gasteiger partial charge in [0.1, 0.15) is 6.10 Å². The summed E-state index contributed by atoms with van der Waals surface area (Å²) < 4.78 is 6.11. The number of fused-ring (bicyclic) bond motifs is 5. The van der Waals surface area contributed by atoms with Gasteiger partial charge < -0.3 is 15.2 Å². The molecule has 9 heteroatoms. The number of aliphatic hydroxyl groups is 1. The van der Waals surface area contributed by atoms with Crippen LogP contribution in [-0.2, 0) is 32.2 Å². The van der Waals surface area contributed by atoms with Crippen molar-refractivity contribution in [2.75, 3.05) is 13.1 Å². The molecule has 2 aromatic heterocycles. The standard InChI is InChI=1S/C38H50N4O5/c1-37-17-15-29(43)21-26(37)9-10-31-32-11-12-34(38(32,2)18-16-33(31)37)47-36(46)14-13-35(45)41-22-30(44)25-42(23-27-7-3-5-19-39-27)24-28-8-4-6-20-40-28/h3-8,19-21,30-34,44H,9-18,22-25H2,1-2H3,(H,41,45)/t30?,31-,32-,33-,34-,37-,38-/m0/s1. The van der Waals surface area contributed by atoms with Crippen LogP contribution in [0.1, 0.15) is 89.4 Å². The Morgan fingerprint density at radius 3 is 2.36 bits per heavy atom. The number of nitrogens with one attached hydrogen (secondary N) is 1. The van der Waals surface area contributed by atoms with Crippen molar-refractivity contribution in [3.63, 3.8) is 0 Å². The number of aliphatic hydroxyl groups excluding tert-OH is 1. The molecule has 4 aliphatic carbocycles. The van der Waals surface area contributed by atoms with Crippen molar-refractivity contribution >= 4 is 17.7 Å². The quantitative estimate of drug-likeness (QED) is 0.304. The van der Waals surface area contributed by atoms with Crippen LogP contribution < -0.4 is 5.32 Å². The maximum Gasteiger partial charge on any atom is 0.306 e. The molecule has 1 amide bonds. The van der Waals surface area contributed by atoms with Gasteiger partial charge in [-0.15, -0.1) is 0 Å². The summed E-state index contributed by atoms with van der Waals surface area (Å²) in [7, 11) is 0. The predicted molar refractivity (Wildman–Crippen MR) is 177 cm³/mol. The van der Waals surface area contributed by atoms with Gasteiger partial charge in [0.15, 0.2) is 5.78 Å². The van der Waals surface area contributed by atoms with Gasteiger partial charge in [0, 0.05) is 56.8 Å². The molecule has 0 spiro atoms. The van der Waals surface area contributed by atoms with Crippen molar-refractivity contribution in [2.24, 2.45) is 28.6 Å². The van der Waals surface area contributed by atoms with Crippen LogP contribution >= 0.6 is 0 Å². The van der Waals surface area contributed by atoms with Gasteiger partial charge in [-0.25, -0.2) is 0 Å². The summed E-state index contributed by atoms with van der Waals surface area (Å²) in [4.78, 5) is 48.7. The molecule has 4 aliphatic rings. The van der Waals surface area contributed by atoms with Crippen molar-refractivity contribution in [2.45, 2.75) is 103 Å². The van der Waals surface area contributed by atoms with Crippen molar-refractivity contribution < 1.29 is 24.2 Å². The summed E-state index contributed by atoms with van der Waals surface area (Å²) in [6.07, 6.45) is 12.4. The average molecular weight is 643 g/mol. The van der Waals surface area contributed by atoms with Crippen LogP contribution in [0.4, 0.5) is 0 Å². The highest BCUT2D eigenvalue weighted by Gasteiger charge is 2.60. The SMILES string of the molecule is C[C@]12CC[C@H]3[C@@H](CCC4=CC(=O)CC[C@@]43C)[C@@H]1CC[C@@H]2OC(=O)CCC(=O)NCC(O)CN(Cc1ccccn1)Cc1ccccn1. The Morgan fingerprint density at radius 1 is 0.957 bits per heavy atom. The van der Waals surface area contributed by atoms with Crippen LogP contribution in [0.5, 0.6) is 0 Å². The molecule has 6 rings (SSSR count). The molecule has 2 N–H and O–H groups in total. The third-order valence-electron chi connectivity index (χ3n) is 11.9. The lowest BCUT2D eigenvalue weighted by Crippen LogP contribution is -2.51. The first kappa shape index (κ1) is 33.5. The first-order chi connectivity index (χ1) is 22.6. The molecule has 3 saturated carbocycles. The molecule has 0 saturated heterocycles. The van der Waals surface area contributed by atoms with Crippen molar-refractivity contribution in [3.05, 3.63) is 71.8 Å². The minimum atomic E-state index is -0.800. The van der Waals surface area contributed by atoms with E-state index in [2.05, 4.69) is 34.0 Å². The Balaban J connectivity index is 0.957. The molecule has 0 bridgehead atoms. The fraction of sp³-hybridized carbons (Fsp3) is 0.605. The van der Waals surface area contributed by atoms with E-state index < -0.39 is 6.10 Å². The number of esters is 1. The molecule has 0 aromatic carbocycles. The summed E-state index contributed by atoms with van der Waals surface area (Å²) in [5.41, 5.74) is 3.23. The van der Waals surface area contributed by atoms with Crippen LogP contribution in [0.3, 0.4) is 0 Å². The van der Waals surface area contributed by atoms with Gasteiger partial charge in [0.05, 0.1) is 23.9 Å². The molecule has 9 nitrogen and oxygen atoms in total. The summed E-state index contributed by atoms with van der Waals surface area (Å²) in [6, 6.07) is 11.5. The van der Waals surface area contributed by atoms with Gasteiger partial charge in [-0.2, -0.15) is 0 Å². The second kappa shape index (κ2) is 14.4. The van der Waals surface area contributed by atoms with Gasteiger partial charge in [-0.1, -0.05) is 31.6 Å². The van der Waals surface area contributed by atoms with E-state index in [9.17, 15) is 19.5 Å². The van der Waals surface area contributed by atoms with E-state index >= 15 is 0 Å². The molecular formula is C38H50N4O5. The molecule has 3 fully saturated rings. The van der Waals surface area contributed by atoms with Gasteiger partial charge in [-0.3, -0.25) is 29.3 Å². The van der Waals surface area contributed by atoms with E-state index in [1.165, 1.54) is 5.57 Å². The lowest BCUT2D eigenvalue weighted by molar-refractivity contribution is -0.160. The molecule has 7 atom stereocenters. The number of pyridine rings is 2. The van der Waals surface area contributed by atoms with Crippen LogP contribution in [0.25, 0.3) is 0 Å². The molecular weight excluding hydrogens is 592 g/mol. The summed E-state index contributed by atoms with van der Waals surface area (Å²) in [5, 5.41) is 13.6. The number of amides is 1. The third-order valence-corrected chi connectivity index (χ3v) is 11.9. The Bertz CT molecular complexity index is 1410. The van der Waals surface area contributed by atoms with Crippen LogP contribution in [0.15, 0.2) is 60.4 Å². The number of carbonyl (C=O) groups excluding carboxylic acids is 3. The zero-order valence-electron chi connectivity index (χ0n) is 27.9. The van der Waals surface area contributed by atoms with Crippen LogP contribution in [0, 0.1) is 28.6 Å². The fourth-order valence-corrected chi connectivity index (χ4v) is 9.45. The van der Waals surface area contributed by atoms with Gasteiger partial charge in [-0.05, 0) is 98.5 Å². The van der Waals surface area contributed by atoms with Gasteiger partial charge in [0.2, 0.25) is 5.91 Å². The van der Waals surface area contributed by atoms with Crippen molar-refractivity contribution in [1.82, 2.24) is 20.2 Å². The number of rotatable bonds is 12. The monoisotopic (exact) mass is 642 g/mol. The van der Waals surface area contributed by atoms with E-state index in [4.69, 9.17) is 4.74 Å². The Morgan fingerprint density at radius 2 is 1.68 bits per heavy atom. The minimum absolute atomic E-state index is 0.0248. The van der Waals surface area contributed by atoms with Crippen molar-refractivity contribution in [1.29, 1.82) is 0 Å². The number of hydrogen-bond acceptors (Lipinski definition) is 8. The number of ether oxygens (including phenoxy) is 1. The number of allylic oxidation sites excluding steroid dienone is 1. The highest BCUT2D eigenvalue weighted by atomic mass is 16.5. The zero-order chi connectivity index (χ0) is 33.0. The normalized spacial score (nSPS) is 30.5. The van der Waals surface area contributed by atoms with E-state index in [-0.39, 0.29) is 54.0 Å². The van der Waals surface area contributed by atoms with Crippen LogP contribution in [-0.4, -0.2) is 62.9 Å². The summed E-state index contributed by atoms with van der Waals surface area (Å²) >= 11 is 0. The molecule has 252 valence electrons. The number of ketones is 1.